The molecule has 0 N–H and O–H groups in total. The number of hydrogen-bond donors (Lipinski definition) is 0. The summed E-state index contributed by atoms with van der Waals surface area (Å²) in [4.78, 5) is 8.60. The van der Waals surface area contributed by atoms with E-state index in [9.17, 15) is 0 Å². The number of allylic oxidation sites excluding steroid dienone is 1. The van der Waals surface area contributed by atoms with E-state index in [2.05, 4.69) is 22.1 Å². The largest absolute Gasteiger partial charge is 0.287 e. The molecule has 1 aromatic carbocycles. The van der Waals surface area contributed by atoms with Crippen LogP contribution in [-0.2, 0) is 6.54 Å². The van der Waals surface area contributed by atoms with E-state index in [0.29, 0.717) is 6.54 Å². The van der Waals surface area contributed by atoms with Gasteiger partial charge in [-0.2, -0.15) is 0 Å². The van der Waals surface area contributed by atoms with E-state index in [0.717, 1.165) is 12.3 Å². The Kier molecular flexibility index (Phi) is 2.86. The van der Waals surface area contributed by atoms with Crippen molar-refractivity contribution >= 4 is 11.9 Å². The lowest BCUT2D eigenvalue weighted by atomic mass is 10.2. The topological polar surface area (TPSA) is 24.7 Å². The van der Waals surface area contributed by atoms with Gasteiger partial charge in [0.05, 0.1) is 18.8 Å². The van der Waals surface area contributed by atoms with E-state index in [1.54, 1.807) is 0 Å². The van der Waals surface area contributed by atoms with Crippen LogP contribution in [0.15, 0.2) is 52.5 Å². The van der Waals surface area contributed by atoms with Crippen molar-refractivity contribution in [2.75, 3.05) is 6.54 Å². The van der Waals surface area contributed by atoms with Gasteiger partial charge in [0, 0.05) is 6.21 Å². The summed E-state index contributed by atoms with van der Waals surface area (Å²) >= 11 is 0. The zero-order valence-corrected chi connectivity index (χ0v) is 7.93. The Balaban J connectivity index is 2.00. The van der Waals surface area contributed by atoms with Crippen molar-refractivity contribution in [3.63, 3.8) is 0 Å². The predicted octanol–water partition coefficient (Wildman–Crippen LogP) is 2.27. The number of hydrogen-bond acceptors (Lipinski definition) is 2. The van der Waals surface area contributed by atoms with E-state index in [4.69, 9.17) is 0 Å². The molecule has 0 bridgehead atoms. The first-order valence-corrected chi connectivity index (χ1v) is 4.69. The molecule has 2 nitrogen and oxygen atoms in total. The molecular weight excluding hydrogens is 172 g/mol. The third-order valence-corrected chi connectivity index (χ3v) is 2.04. The van der Waals surface area contributed by atoms with Crippen molar-refractivity contribution in [1.82, 2.24) is 0 Å². The zero-order valence-electron chi connectivity index (χ0n) is 7.93. The third kappa shape index (κ3) is 2.39. The molecule has 0 fully saturated rings. The fourth-order valence-corrected chi connectivity index (χ4v) is 1.29. The van der Waals surface area contributed by atoms with Crippen LogP contribution in [-0.4, -0.2) is 18.5 Å². The lowest BCUT2D eigenvalue weighted by Gasteiger charge is -2.01. The maximum Gasteiger partial charge on any atom is 0.0807 e. The number of aliphatic imine (C=N–C) groups is 2. The highest BCUT2D eigenvalue weighted by atomic mass is 14.8. The van der Waals surface area contributed by atoms with Gasteiger partial charge in [-0.25, -0.2) is 0 Å². The molecule has 70 valence electrons. The molecule has 0 saturated carbocycles. The van der Waals surface area contributed by atoms with Gasteiger partial charge in [0.2, 0.25) is 0 Å². The van der Waals surface area contributed by atoms with Crippen LogP contribution in [0.3, 0.4) is 0 Å². The minimum absolute atomic E-state index is 0.712. The molecule has 0 saturated heterocycles. The van der Waals surface area contributed by atoms with Crippen LogP contribution in [0.25, 0.3) is 0 Å². The SMILES string of the molecule is C1=CC(=NCc2ccccc2)CN=C1. The van der Waals surface area contributed by atoms with Gasteiger partial charge in [-0.1, -0.05) is 30.3 Å². The number of rotatable bonds is 2. The molecule has 0 unspecified atom stereocenters. The molecular formula is C12H12N2. The Bertz CT molecular complexity index is 375. The van der Waals surface area contributed by atoms with Gasteiger partial charge in [0.15, 0.2) is 0 Å². The summed E-state index contributed by atoms with van der Waals surface area (Å²) in [5, 5.41) is 0. The van der Waals surface area contributed by atoms with Gasteiger partial charge in [-0.15, -0.1) is 0 Å². The van der Waals surface area contributed by atoms with Crippen LogP contribution < -0.4 is 0 Å². The van der Waals surface area contributed by atoms with Crippen LogP contribution in [0, 0.1) is 0 Å². The second-order valence-corrected chi connectivity index (χ2v) is 3.14. The summed E-state index contributed by atoms with van der Waals surface area (Å²) in [7, 11) is 0. The first-order chi connectivity index (χ1) is 6.95. The van der Waals surface area contributed by atoms with Gasteiger partial charge < -0.3 is 0 Å². The van der Waals surface area contributed by atoms with Gasteiger partial charge >= 0.3 is 0 Å². The second kappa shape index (κ2) is 4.51. The maximum atomic E-state index is 4.47. The van der Waals surface area contributed by atoms with Crippen LogP contribution in [0.1, 0.15) is 5.56 Å². The first kappa shape index (κ1) is 8.88. The van der Waals surface area contributed by atoms with Crippen molar-refractivity contribution in [2.45, 2.75) is 6.54 Å². The molecule has 0 spiro atoms. The Labute approximate surface area is 83.7 Å². The molecule has 0 amide bonds. The molecule has 1 aromatic rings. The third-order valence-electron chi connectivity index (χ3n) is 2.04. The van der Waals surface area contributed by atoms with Gasteiger partial charge in [0.1, 0.15) is 0 Å². The van der Waals surface area contributed by atoms with Crippen LogP contribution >= 0.6 is 0 Å². The highest BCUT2D eigenvalue weighted by molar-refractivity contribution is 6.02. The number of nitrogens with zero attached hydrogens (tertiary/aromatic N) is 2. The fourth-order valence-electron chi connectivity index (χ4n) is 1.29. The average Bonchev–Trinajstić information content (AvgIpc) is 2.29. The molecule has 14 heavy (non-hydrogen) atoms. The summed E-state index contributed by atoms with van der Waals surface area (Å²) in [6.07, 6.45) is 5.74. The van der Waals surface area contributed by atoms with E-state index in [1.807, 2.05) is 36.6 Å². The van der Waals surface area contributed by atoms with Crippen molar-refractivity contribution in [2.24, 2.45) is 9.98 Å². The minimum atomic E-state index is 0.712. The Morgan fingerprint density at radius 1 is 1.21 bits per heavy atom. The normalized spacial score (nSPS) is 17.6. The smallest absolute Gasteiger partial charge is 0.0807 e. The molecule has 0 aliphatic carbocycles. The Morgan fingerprint density at radius 3 is 2.79 bits per heavy atom. The quantitative estimate of drug-likeness (QED) is 0.673. The summed E-state index contributed by atoms with van der Waals surface area (Å²) in [5.41, 5.74) is 2.29. The fraction of sp³-hybridized carbons (Fsp3) is 0.167. The van der Waals surface area contributed by atoms with Crippen LogP contribution in [0.5, 0.6) is 0 Å². The standard InChI is InChI=1S/C12H12N2/c1-2-5-11(6-3-1)9-14-12-7-4-8-13-10-12/h1-8H,9-10H2. The monoisotopic (exact) mass is 184 g/mol. The minimum Gasteiger partial charge on any atom is -0.287 e. The second-order valence-electron chi connectivity index (χ2n) is 3.14. The van der Waals surface area contributed by atoms with E-state index in [1.165, 1.54) is 5.56 Å². The maximum absolute atomic E-state index is 4.47. The Hall–Kier alpha value is -1.70. The first-order valence-electron chi connectivity index (χ1n) is 4.69. The predicted molar refractivity (Wildman–Crippen MR) is 60.1 cm³/mol. The van der Waals surface area contributed by atoms with Gasteiger partial charge in [-0.3, -0.25) is 9.98 Å². The zero-order chi connectivity index (χ0) is 9.64. The van der Waals surface area contributed by atoms with Crippen LogP contribution in [0.4, 0.5) is 0 Å². The highest BCUT2D eigenvalue weighted by Crippen LogP contribution is 2.01. The van der Waals surface area contributed by atoms with E-state index >= 15 is 0 Å². The number of benzene rings is 1. The summed E-state index contributed by atoms with van der Waals surface area (Å²) < 4.78 is 0. The van der Waals surface area contributed by atoms with Crippen molar-refractivity contribution in [1.29, 1.82) is 0 Å². The summed E-state index contributed by atoms with van der Waals surface area (Å²) in [6, 6.07) is 10.2. The summed E-state index contributed by atoms with van der Waals surface area (Å²) in [6.45, 7) is 1.46. The molecule has 1 heterocycles. The number of dihydropyridines is 1. The van der Waals surface area contributed by atoms with E-state index in [-0.39, 0.29) is 0 Å². The lowest BCUT2D eigenvalue weighted by molar-refractivity contribution is 1.06. The van der Waals surface area contributed by atoms with Crippen LogP contribution in [0.2, 0.25) is 0 Å². The Morgan fingerprint density at radius 2 is 2.07 bits per heavy atom. The van der Waals surface area contributed by atoms with Crippen molar-refractivity contribution in [3.8, 4) is 0 Å². The van der Waals surface area contributed by atoms with Gasteiger partial charge in [0.25, 0.3) is 0 Å². The summed E-state index contributed by atoms with van der Waals surface area (Å²) in [5.74, 6) is 0. The molecule has 1 aliphatic rings. The molecule has 0 atom stereocenters. The molecule has 2 rings (SSSR count). The highest BCUT2D eigenvalue weighted by Gasteiger charge is 1.95. The van der Waals surface area contributed by atoms with Gasteiger partial charge in [-0.05, 0) is 17.7 Å². The lowest BCUT2D eigenvalue weighted by Crippen LogP contribution is -2.03. The average molecular weight is 184 g/mol. The van der Waals surface area contributed by atoms with Crippen molar-refractivity contribution in [3.05, 3.63) is 48.0 Å². The molecule has 0 radical (unpaired) electrons. The molecule has 2 heteroatoms. The van der Waals surface area contributed by atoms with Crippen molar-refractivity contribution < 1.29 is 0 Å². The van der Waals surface area contributed by atoms with E-state index < -0.39 is 0 Å². The molecule has 1 aliphatic heterocycles. The molecule has 0 aromatic heterocycles.